The van der Waals surface area contributed by atoms with Crippen molar-refractivity contribution in [2.45, 2.75) is 27.7 Å². The summed E-state index contributed by atoms with van der Waals surface area (Å²) in [4.78, 5) is 0. The van der Waals surface area contributed by atoms with Crippen molar-refractivity contribution in [2.24, 2.45) is 5.73 Å². The molecule has 0 unspecified atom stereocenters. The van der Waals surface area contributed by atoms with Gasteiger partial charge in [0.05, 0.1) is 0 Å². The molecule has 0 aliphatic carbocycles. The minimum absolute atomic E-state index is 0.843. The van der Waals surface area contributed by atoms with E-state index in [-0.39, 0.29) is 0 Å². The van der Waals surface area contributed by atoms with E-state index in [0.29, 0.717) is 0 Å². The molecule has 0 aliphatic heterocycles. The van der Waals surface area contributed by atoms with Crippen molar-refractivity contribution in [2.75, 3.05) is 0 Å². The highest BCUT2D eigenvalue weighted by molar-refractivity contribution is 5.17. The van der Waals surface area contributed by atoms with Gasteiger partial charge in [0.15, 0.2) is 0 Å². The third kappa shape index (κ3) is 7.28. The van der Waals surface area contributed by atoms with E-state index < -0.39 is 0 Å². The van der Waals surface area contributed by atoms with E-state index >= 15 is 0 Å². The van der Waals surface area contributed by atoms with Crippen molar-refractivity contribution in [1.82, 2.24) is 0 Å². The van der Waals surface area contributed by atoms with Gasteiger partial charge in [0, 0.05) is 5.70 Å². The summed E-state index contributed by atoms with van der Waals surface area (Å²) in [5.41, 5.74) is 7.25. The van der Waals surface area contributed by atoms with Crippen LogP contribution in [0.15, 0.2) is 23.9 Å². The van der Waals surface area contributed by atoms with Gasteiger partial charge in [0.25, 0.3) is 0 Å². The number of hydrogen-bond donors (Lipinski definition) is 1. The number of nitrogens with two attached hydrogens (primary N) is 1. The molecule has 54 valence electrons. The zero-order chi connectivity index (χ0) is 7.86. The van der Waals surface area contributed by atoms with Crippen LogP contribution in [0, 0.1) is 0 Å². The Kier molecular flexibility index (Phi) is 9.00. The van der Waals surface area contributed by atoms with Gasteiger partial charge in [-0.15, -0.1) is 0 Å². The van der Waals surface area contributed by atoms with Crippen molar-refractivity contribution in [3.63, 3.8) is 0 Å². The smallest absolute Gasteiger partial charge is 0.00783 e. The van der Waals surface area contributed by atoms with Gasteiger partial charge in [-0.05, 0) is 19.4 Å². The standard InChI is InChI=1S/C6H11N.C2H6/c1-4-5(2)6(3)7;1-2/h4H,1,7H2,2-3H3;1-2H3/b6-5-;. The first kappa shape index (κ1) is 11.1. The van der Waals surface area contributed by atoms with Crippen molar-refractivity contribution in [1.29, 1.82) is 0 Å². The van der Waals surface area contributed by atoms with Crippen LogP contribution in [0.3, 0.4) is 0 Å². The lowest BCUT2D eigenvalue weighted by Gasteiger charge is -1.90. The highest BCUT2D eigenvalue weighted by Gasteiger charge is 1.79. The first-order chi connectivity index (χ1) is 4.18. The SMILES string of the molecule is C=C/C(C)=C(/C)N.CC. The molecule has 0 bridgehead atoms. The van der Waals surface area contributed by atoms with Crippen LogP contribution >= 0.6 is 0 Å². The third-order valence-corrected chi connectivity index (χ3v) is 0.928. The Morgan fingerprint density at radius 3 is 1.67 bits per heavy atom. The molecule has 1 nitrogen and oxygen atoms in total. The van der Waals surface area contributed by atoms with Crippen LogP contribution in [0.5, 0.6) is 0 Å². The highest BCUT2D eigenvalue weighted by Crippen LogP contribution is 1.94. The maximum Gasteiger partial charge on any atom is 0.00783 e. The van der Waals surface area contributed by atoms with Crippen LogP contribution in [0.25, 0.3) is 0 Å². The van der Waals surface area contributed by atoms with Crippen LogP contribution in [0.1, 0.15) is 27.7 Å². The zero-order valence-corrected chi connectivity index (χ0v) is 6.86. The number of rotatable bonds is 1. The molecule has 0 heterocycles. The normalized spacial score (nSPS) is 10.7. The van der Waals surface area contributed by atoms with Gasteiger partial charge in [-0.2, -0.15) is 0 Å². The van der Waals surface area contributed by atoms with Crippen LogP contribution in [-0.4, -0.2) is 0 Å². The summed E-state index contributed by atoms with van der Waals surface area (Å²) >= 11 is 0. The summed E-state index contributed by atoms with van der Waals surface area (Å²) in [6, 6.07) is 0. The average molecular weight is 127 g/mol. The third-order valence-electron chi connectivity index (χ3n) is 0.928. The van der Waals surface area contributed by atoms with Crippen LogP contribution < -0.4 is 5.73 Å². The highest BCUT2D eigenvalue weighted by atomic mass is 14.5. The molecule has 0 aromatic carbocycles. The molecule has 0 aliphatic rings. The van der Waals surface area contributed by atoms with Gasteiger partial charge in [-0.25, -0.2) is 0 Å². The van der Waals surface area contributed by atoms with Gasteiger partial charge in [0.1, 0.15) is 0 Å². The van der Waals surface area contributed by atoms with E-state index in [2.05, 4.69) is 6.58 Å². The molecular weight excluding hydrogens is 110 g/mol. The predicted molar refractivity (Wildman–Crippen MR) is 44.1 cm³/mol. The van der Waals surface area contributed by atoms with E-state index in [1.807, 2.05) is 27.7 Å². The average Bonchev–Trinajstić information content (AvgIpc) is 1.91. The monoisotopic (exact) mass is 127 g/mol. The lowest BCUT2D eigenvalue weighted by Crippen LogP contribution is -1.92. The predicted octanol–water partition coefficient (Wildman–Crippen LogP) is 2.45. The lowest BCUT2D eigenvalue weighted by molar-refractivity contribution is 1.24. The second kappa shape index (κ2) is 7.28. The van der Waals surface area contributed by atoms with Crippen molar-refractivity contribution in [3.8, 4) is 0 Å². The lowest BCUT2D eigenvalue weighted by atomic mass is 10.2. The molecule has 0 radical (unpaired) electrons. The molecule has 0 aromatic heterocycles. The first-order valence-corrected chi connectivity index (χ1v) is 3.24. The topological polar surface area (TPSA) is 26.0 Å². The van der Waals surface area contributed by atoms with E-state index in [9.17, 15) is 0 Å². The minimum atomic E-state index is 0.843. The molecule has 0 saturated carbocycles. The fraction of sp³-hybridized carbons (Fsp3) is 0.500. The largest absolute Gasteiger partial charge is 0.402 e. The summed E-state index contributed by atoms with van der Waals surface area (Å²) in [6.07, 6.45) is 1.75. The van der Waals surface area contributed by atoms with E-state index in [1.165, 1.54) is 0 Å². The molecule has 0 amide bonds. The molecular formula is C8H17N. The number of allylic oxidation sites excluding steroid dienone is 3. The summed E-state index contributed by atoms with van der Waals surface area (Å²) in [5, 5.41) is 0. The maximum absolute atomic E-state index is 5.35. The van der Waals surface area contributed by atoms with Gasteiger partial charge in [0.2, 0.25) is 0 Å². The van der Waals surface area contributed by atoms with Gasteiger partial charge in [-0.1, -0.05) is 26.5 Å². The fourth-order valence-corrected chi connectivity index (χ4v) is 0.161. The first-order valence-electron chi connectivity index (χ1n) is 3.24. The Bertz CT molecular complexity index is 97.1. The van der Waals surface area contributed by atoms with Gasteiger partial charge >= 0.3 is 0 Å². The molecule has 0 atom stereocenters. The summed E-state index contributed by atoms with van der Waals surface area (Å²) < 4.78 is 0. The second-order valence-corrected chi connectivity index (χ2v) is 1.57. The Morgan fingerprint density at radius 1 is 1.33 bits per heavy atom. The Morgan fingerprint density at radius 2 is 1.67 bits per heavy atom. The fourth-order valence-electron chi connectivity index (χ4n) is 0.161. The molecule has 2 N–H and O–H groups in total. The minimum Gasteiger partial charge on any atom is -0.402 e. The van der Waals surface area contributed by atoms with Crippen molar-refractivity contribution >= 4 is 0 Å². The van der Waals surface area contributed by atoms with Crippen LogP contribution in [0.2, 0.25) is 0 Å². The van der Waals surface area contributed by atoms with Crippen LogP contribution in [-0.2, 0) is 0 Å². The zero-order valence-electron chi connectivity index (χ0n) is 6.86. The van der Waals surface area contributed by atoms with E-state index in [0.717, 1.165) is 11.3 Å². The van der Waals surface area contributed by atoms with Crippen LogP contribution in [0.4, 0.5) is 0 Å². The van der Waals surface area contributed by atoms with Crippen molar-refractivity contribution in [3.05, 3.63) is 23.9 Å². The van der Waals surface area contributed by atoms with E-state index in [4.69, 9.17) is 5.73 Å². The summed E-state index contributed by atoms with van der Waals surface area (Å²) in [5.74, 6) is 0. The Labute approximate surface area is 58.3 Å². The summed E-state index contributed by atoms with van der Waals surface area (Å²) in [7, 11) is 0. The summed E-state index contributed by atoms with van der Waals surface area (Å²) in [6.45, 7) is 11.3. The molecule has 0 spiro atoms. The Balaban J connectivity index is 0. The molecule has 0 aromatic rings. The molecule has 9 heavy (non-hydrogen) atoms. The molecule has 0 saturated heterocycles. The molecule has 0 rings (SSSR count). The molecule has 0 fully saturated rings. The molecule has 1 heteroatoms. The quantitative estimate of drug-likeness (QED) is 0.538. The van der Waals surface area contributed by atoms with Gasteiger partial charge < -0.3 is 5.73 Å². The van der Waals surface area contributed by atoms with Gasteiger partial charge in [-0.3, -0.25) is 0 Å². The maximum atomic E-state index is 5.35. The second-order valence-electron chi connectivity index (χ2n) is 1.57. The van der Waals surface area contributed by atoms with Crippen molar-refractivity contribution < 1.29 is 0 Å². The van der Waals surface area contributed by atoms with E-state index in [1.54, 1.807) is 6.08 Å². The number of hydrogen-bond acceptors (Lipinski definition) is 1. The Hall–Kier alpha value is -0.720.